The van der Waals surface area contributed by atoms with Gasteiger partial charge in [0.2, 0.25) is 0 Å². The standard InChI is InChI=1S/C15H21BrN4O/c1-17-14-13(8-11(16)9-18-14)15(21)20-7-4-12(10-20)19-5-2-3-6-19/h8-9,12H,2-7,10H2,1H3,(H,17,18). The first-order valence-corrected chi connectivity index (χ1v) is 8.35. The van der Waals surface area contributed by atoms with E-state index in [4.69, 9.17) is 0 Å². The molecule has 2 saturated heterocycles. The molecule has 0 spiro atoms. The number of aromatic nitrogens is 1. The second-order valence-corrected chi connectivity index (χ2v) is 6.65. The lowest BCUT2D eigenvalue weighted by Gasteiger charge is -2.24. The summed E-state index contributed by atoms with van der Waals surface area (Å²) in [6, 6.07) is 2.39. The SMILES string of the molecule is CNc1ncc(Br)cc1C(=O)N1CCC(N2CCCC2)C1. The Balaban J connectivity index is 1.72. The van der Waals surface area contributed by atoms with Crippen molar-refractivity contribution in [3.63, 3.8) is 0 Å². The molecule has 3 heterocycles. The van der Waals surface area contributed by atoms with Gasteiger partial charge >= 0.3 is 0 Å². The smallest absolute Gasteiger partial charge is 0.257 e. The van der Waals surface area contributed by atoms with Crippen molar-refractivity contribution in [1.29, 1.82) is 0 Å². The van der Waals surface area contributed by atoms with Crippen LogP contribution in [0.4, 0.5) is 5.82 Å². The largest absolute Gasteiger partial charge is 0.372 e. The first-order valence-electron chi connectivity index (χ1n) is 7.55. The number of carbonyl (C=O) groups is 1. The summed E-state index contributed by atoms with van der Waals surface area (Å²) in [6.07, 6.45) is 5.38. The minimum atomic E-state index is 0.0786. The number of halogens is 1. The van der Waals surface area contributed by atoms with Crippen molar-refractivity contribution in [1.82, 2.24) is 14.8 Å². The highest BCUT2D eigenvalue weighted by Gasteiger charge is 2.32. The van der Waals surface area contributed by atoms with Crippen molar-refractivity contribution in [2.45, 2.75) is 25.3 Å². The van der Waals surface area contributed by atoms with Gasteiger partial charge < -0.3 is 10.2 Å². The monoisotopic (exact) mass is 352 g/mol. The van der Waals surface area contributed by atoms with Crippen LogP contribution in [0.2, 0.25) is 0 Å². The molecule has 2 fully saturated rings. The van der Waals surface area contributed by atoms with Crippen molar-refractivity contribution in [3.05, 3.63) is 22.3 Å². The van der Waals surface area contributed by atoms with E-state index in [0.29, 0.717) is 17.4 Å². The van der Waals surface area contributed by atoms with Gasteiger partial charge in [-0.2, -0.15) is 0 Å². The van der Waals surface area contributed by atoms with Gasteiger partial charge in [0.1, 0.15) is 5.82 Å². The lowest BCUT2D eigenvalue weighted by Crippen LogP contribution is -2.37. The topological polar surface area (TPSA) is 48.5 Å². The molecule has 1 amide bonds. The lowest BCUT2D eigenvalue weighted by atomic mass is 10.2. The summed E-state index contributed by atoms with van der Waals surface area (Å²) in [5.74, 6) is 0.725. The zero-order valence-corrected chi connectivity index (χ0v) is 13.9. The third-order valence-electron chi connectivity index (χ3n) is 4.43. The fourth-order valence-electron chi connectivity index (χ4n) is 3.30. The van der Waals surface area contributed by atoms with Gasteiger partial charge in [-0.05, 0) is 54.3 Å². The number of carbonyl (C=O) groups excluding carboxylic acids is 1. The molecule has 6 heteroatoms. The molecule has 0 bridgehead atoms. The van der Waals surface area contributed by atoms with E-state index in [1.165, 1.54) is 25.9 Å². The van der Waals surface area contributed by atoms with Gasteiger partial charge in [0.25, 0.3) is 5.91 Å². The zero-order valence-electron chi connectivity index (χ0n) is 12.3. The first-order chi connectivity index (χ1) is 10.2. The Bertz CT molecular complexity index is 530. The van der Waals surface area contributed by atoms with Crippen LogP contribution in [-0.4, -0.2) is 60.0 Å². The van der Waals surface area contributed by atoms with E-state index in [1.54, 1.807) is 13.2 Å². The van der Waals surface area contributed by atoms with E-state index < -0.39 is 0 Å². The maximum atomic E-state index is 12.7. The second kappa shape index (κ2) is 6.32. The molecule has 0 saturated carbocycles. The third kappa shape index (κ3) is 3.06. The Morgan fingerprint density at radius 1 is 1.38 bits per heavy atom. The number of hydrogen-bond donors (Lipinski definition) is 1. The van der Waals surface area contributed by atoms with E-state index in [9.17, 15) is 4.79 Å². The summed E-state index contributed by atoms with van der Waals surface area (Å²) in [5.41, 5.74) is 0.647. The lowest BCUT2D eigenvalue weighted by molar-refractivity contribution is 0.0780. The van der Waals surface area contributed by atoms with Gasteiger partial charge in [-0.25, -0.2) is 4.98 Å². The maximum absolute atomic E-state index is 12.7. The van der Waals surface area contributed by atoms with Crippen LogP contribution in [0.3, 0.4) is 0 Å². The third-order valence-corrected chi connectivity index (χ3v) is 4.86. The molecule has 1 aromatic rings. The number of anilines is 1. The summed E-state index contributed by atoms with van der Waals surface area (Å²) in [7, 11) is 1.80. The molecule has 1 atom stereocenters. The molecule has 1 N–H and O–H groups in total. The molecular weight excluding hydrogens is 332 g/mol. The highest BCUT2D eigenvalue weighted by Crippen LogP contribution is 2.24. The number of amides is 1. The fourth-order valence-corrected chi connectivity index (χ4v) is 3.63. The van der Waals surface area contributed by atoms with Gasteiger partial charge in [0.05, 0.1) is 5.56 Å². The quantitative estimate of drug-likeness (QED) is 0.905. The summed E-state index contributed by atoms with van der Waals surface area (Å²) in [6.45, 7) is 4.06. The molecule has 2 aliphatic heterocycles. The maximum Gasteiger partial charge on any atom is 0.257 e. The van der Waals surface area contributed by atoms with Crippen molar-refractivity contribution in [2.24, 2.45) is 0 Å². The highest BCUT2D eigenvalue weighted by atomic mass is 79.9. The van der Waals surface area contributed by atoms with E-state index >= 15 is 0 Å². The number of pyridine rings is 1. The number of likely N-dealkylation sites (tertiary alicyclic amines) is 2. The Hall–Kier alpha value is -1.14. The molecule has 3 rings (SSSR count). The van der Waals surface area contributed by atoms with Crippen molar-refractivity contribution in [3.8, 4) is 0 Å². The normalized spacial score (nSPS) is 22.8. The van der Waals surface area contributed by atoms with Crippen molar-refractivity contribution in [2.75, 3.05) is 38.5 Å². The summed E-state index contributed by atoms with van der Waals surface area (Å²) in [5, 5.41) is 3.00. The molecule has 114 valence electrons. The highest BCUT2D eigenvalue weighted by molar-refractivity contribution is 9.10. The number of nitrogens with zero attached hydrogens (tertiary/aromatic N) is 3. The average Bonchev–Trinajstić information content (AvgIpc) is 3.17. The van der Waals surface area contributed by atoms with Crippen molar-refractivity contribution < 1.29 is 4.79 Å². The molecule has 5 nitrogen and oxygen atoms in total. The minimum Gasteiger partial charge on any atom is -0.372 e. The van der Waals surface area contributed by atoms with Gasteiger partial charge in [0.15, 0.2) is 0 Å². The van der Waals surface area contributed by atoms with Crippen LogP contribution in [0.1, 0.15) is 29.6 Å². The molecule has 0 radical (unpaired) electrons. The van der Waals surface area contributed by atoms with Crippen molar-refractivity contribution >= 4 is 27.7 Å². The van der Waals surface area contributed by atoms with Gasteiger partial charge in [0, 0.05) is 36.8 Å². The molecule has 21 heavy (non-hydrogen) atoms. The predicted molar refractivity (Wildman–Crippen MR) is 86.6 cm³/mol. The predicted octanol–water partition coefficient (Wildman–Crippen LogP) is 2.20. The number of nitrogens with one attached hydrogen (secondary N) is 1. The van der Waals surface area contributed by atoms with Gasteiger partial charge in [-0.1, -0.05) is 0 Å². The van der Waals surface area contributed by atoms with Crippen LogP contribution >= 0.6 is 15.9 Å². The van der Waals surface area contributed by atoms with Crippen LogP contribution < -0.4 is 5.32 Å². The minimum absolute atomic E-state index is 0.0786. The Kier molecular flexibility index (Phi) is 4.45. The Morgan fingerprint density at radius 2 is 2.14 bits per heavy atom. The van der Waals surface area contributed by atoms with Crippen LogP contribution in [-0.2, 0) is 0 Å². The van der Waals surface area contributed by atoms with Crippen LogP contribution in [0.25, 0.3) is 0 Å². The molecule has 2 aliphatic rings. The average molecular weight is 353 g/mol. The Morgan fingerprint density at radius 3 is 2.86 bits per heavy atom. The Labute approximate surface area is 133 Å². The second-order valence-electron chi connectivity index (χ2n) is 5.74. The number of hydrogen-bond acceptors (Lipinski definition) is 4. The molecule has 1 aromatic heterocycles. The first kappa shape index (κ1) is 14.8. The summed E-state index contributed by atoms with van der Waals surface area (Å²) in [4.78, 5) is 21.5. The zero-order chi connectivity index (χ0) is 14.8. The van der Waals surface area contributed by atoms with Crippen LogP contribution in [0, 0.1) is 0 Å². The van der Waals surface area contributed by atoms with E-state index in [0.717, 1.165) is 24.0 Å². The fraction of sp³-hybridized carbons (Fsp3) is 0.600. The molecular formula is C15H21BrN4O. The van der Waals surface area contributed by atoms with Crippen LogP contribution in [0.5, 0.6) is 0 Å². The summed E-state index contributed by atoms with van der Waals surface area (Å²) < 4.78 is 0.833. The van der Waals surface area contributed by atoms with E-state index in [-0.39, 0.29) is 5.91 Å². The van der Waals surface area contributed by atoms with E-state index in [2.05, 4.69) is 31.1 Å². The molecule has 0 aliphatic carbocycles. The molecule has 1 unspecified atom stereocenters. The van der Waals surface area contributed by atoms with Crippen LogP contribution in [0.15, 0.2) is 16.7 Å². The molecule has 0 aromatic carbocycles. The van der Waals surface area contributed by atoms with Gasteiger partial charge in [-0.15, -0.1) is 0 Å². The number of rotatable bonds is 3. The summed E-state index contributed by atoms with van der Waals surface area (Å²) >= 11 is 3.40. The van der Waals surface area contributed by atoms with E-state index in [1.807, 2.05) is 11.0 Å². The van der Waals surface area contributed by atoms with Gasteiger partial charge in [-0.3, -0.25) is 9.69 Å².